The second-order valence-corrected chi connectivity index (χ2v) is 8.29. The fraction of sp³-hybridized carbons (Fsp3) is 0.520. The number of hydrogen-bond acceptors (Lipinski definition) is 4. The van der Waals surface area contributed by atoms with Crippen LogP contribution in [0.2, 0.25) is 0 Å². The molecule has 4 rings (SSSR count). The minimum atomic E-state index is -0.536. The van der Waals surface area contributed by atoms with Gasteiger partial charge in [-0.05, 0) is 31.9 Å². The molecule has 1 aliphatic carbocycles. The van der Waals surface area contributed by atoms with E-state index in [1.165, 1.54) is 38.5 Å². The van der Waals surface area contributed by atoms with Crippen molar-refractivity contribution in [3.05, 3.63) is 36.0 Å². The summed E-state index contributed by atoms with van der Waals surface area (Å²) >= 11 is 0. The maximum atomic E-state index is 11.5. The van der Waals surface area contributed by atoms with Gasteiger partial charge < -0.3 is 25.7 Å². The van der Waals surface area contributed by atoms with Crippen LogP contribution in [0.4, 0.5) is 0 Å². The second kappa shape index (κ2) is 14.8. The summed E-state index contributed by atoms with van der Waals surface area (Å²) in [6, 6.07) is 9.16. The molecule has 0 unspecified atom stereocenters. The zero-order valence-corrected chi connectivity index (χ0v) is 19.4. The number of hydrogen-bond donors (Lipinski definition) is 4. The summed E-state index contributed by atoms with van der Waals surface area (Å²) in [4.78, 5) is 46.1. The Balaban J connectivity index is 0.000000188. The van der Waals surface area contributed by atoms with Crippen molar-refractivity contribution in [3.8, 4) is 0 Å². The van der Waals surface area contributed by atoms with Crippen LogP contribution in [-0.4, -0.2) is 48.6 Å². The van der Waals surface area contributed by atoms with Crippen molar-refractivity contribution in [1.82, 2.24) is 20.9 Å². The first-order valence-corrected chi connectivity index (χ1v) is 11.9. The minimum absolute atomic E-state index is 0.0282. The number of amides is 3. The molecule has 0 bridgehead atoms. The van der Waals surface area contributed by atoms with E-state index in [2.05, 4.69) is 20.9 Å². The summed E-state index contributed by atoms with van der Waals surface area (Å²) in [6.45, 7) is 3.21. The number of aldehydes is 1. The minimum Gasteiger partial charge on any atom is -0.356 e. The van der Waals surface area contributed by atoms with E-state index in [9.17, 15) is 19.2 Å². The van der Waals surface area contributed by atoms with Crippen LogP contribution < -0.4 is 16.0 Å². The van der Waals surface area contributed by atoms with E-state index in [0.29, 0.717) is 37.9 Å². The van der Waals surface area contributed by atoms with Crippen LogP contribution in [0.1, 0.15) is 68.8 Å². The average molecular weight is 457 g/mol. The molecule has 33 heavy (non-hydrogen) atoms. The Labute approximate surface area is 195 Å². The van der Waals surface area contributed by atoms with E-state index in [-0.39, 0.29) is 17.7 Å². The molecule has 3 amide bonds. The third kappa shape index (κ3) is 9.08. The van der Waals surface area contributed by atoms with E-state index in [1.54, 1.807) is 0 Å². The first kappa shape index (κ1) is 26.1. The lowest BCUT2D eigenvalue weighted by Crippen LogP contribution is -2.33. The van der Waals surface area contributed by atoms with Gasteiger partial charge in [0.25, 0.3) is 5.91 Å². The maximum Gasteiger partial charge on any atom is 0.267 e. The predicted molar refractivity (Wildman–Crippen MR) is 129 cm³/mol. The summed E-state index contributed by atoms with van der Waals surface area (Å²) in [5.74, 6) is -0.217. The molecule has 2 aromatic rings. The van der Waals surface area contributed by atoms with Gasteiger partial charge in [0.15, 0.2) is 0 Å². The molecule has 8 heteroatoms. The van der Waals surface area contributed by atoms with E-state index >= 15 is 0 Å². The fourth-order valence-corrected chi connectivity index (χ4v) is 3.94. The molecule has 8 nitrogen and oxygen atoms in total. The number of carbonyl (C=O) groups excluding carboxylic acids is 4. The second-order valence-electron chi connectivity index (χ2n) is 8.29. The monoisotopic (exact) mass is 456 g/mol. The zero-order valence-electron chi connectivity index (χ0n) is 19.4. The Bertz CT molecular complexity index is 847. The van der Waals surface area contributed by atoms with Crippen molar-refractivity contribution in [3.63, 3.8) is 0 Å². The van der Waals surface area contributed by atoms with E-state index < -0.39 is 6.04 Å². The summed E-state index contributed by atoms with van der Waals surface area (Å²) in [5.41, 5.74) is 1.61. The van der Waals surface area contributed by atoms with Gasteiger partial charge in [0.05, 0.1) is 6.04 Å². The van der Waals surface area contributed by atoms with Crippen LogP contribution in [0.3, 0.4) is 0 Å². The molecular weight excluding hydrogens is 420 g/mol. The molecule has 1 saturated heterocycles. The Morgan fingerprint density at radius 3 is 2.30 bits per heavy atom. The maximum absolute atomic E-state index is 11.5. The summed E-state index contributed by atoms with van der Waals surface area (Å²) in [6.07, 6.45) is 11.3. The number of carbonyl (C=O) groups is 4. The molecular formula is C25H36N4O4. The SMILES string of the molecule is C1CCCCC1.CCNC(=O)c1cc2ccccc2[nH]1.O=CN[C@H](C=O)C[C@@H]1CCNC1=O. The highest BCUT2D eigenvalue weighted by molar-refractivity contribution is 5.97. The summed E-state index contributed by atoms with van der Waals surface area (Å²) in [7, 11) is 0. The number of nitrogens with one attached hydrogen (secondary N) is 4. The number of H-pyrrole nitrogens is 1. The molecule has 1 aromatic heterocycles. The van der Waals surface area contributed by atoms with Crippen LogP contribution in [0, 0.1) is 5.92 Å². The Hall–Kier alpha value is -3.16. The van der Waals surface area contributed by atoms with Gasteiger partial charge in [0.1, 0.15) is 12.0 Å². The lowest BCUT2D eigenvalue weighted by Gasteiger charge is -2.11. The van der Waals surface area contributed by atoms with Gasteiger partial charge in [0, 0.05) is 29.9 Å². The van der Waals surface area contributed by atoms with Crippen molar-refractivity contribution in [2.24, 2.45) is 5.92 Å². The first-order chi connectivity index (χ1) is 16.1. The van der Waals surface area contributed by atoms with Gasteiger partial charge in [-0.2, -0.15) is 0 Å². The van der Waals surface area contributed by atoms with Crippen molar-refractivity contribution in [2.45, 2.75) is 64.3 Å². The molecule has 0 spiro atoms. The zero-order chi connectivity index (χ0) is 23.9. The van der Waals surface area contributed by atoms with Gasteiger partial charge >= 0.3 is 0 Å². The average Bonchev–Trinajstić information content (AvgIpc) is 3.47. The van der Waals surface area contributed by atoms with Crippen molar-refractivity contribution < 1.29 is 19.2 Å². The molecule has 1 aliphatic heterocycles. The van der Waals surface area contributed by atoms with E-state index in [1.807, 2.05) is 37.3 Å². The number of para-hydroxylation sites is 1. The summed E-state index contributed by atoms with van der Waals surface area (Å²) in [5, 5.41) is 8.84. The normalized spacial score (nSPS) is 18.0. The molecule has 0 radical (unpaired) electrons. The third-order valence-corrected chi connectivity index (χ3v) is 5.76. The highest BCUT2D eigenvalue weighted by Crippen LogP contribution is 2.16. The van der Waals surface area contributed by atoms with Crippen LogP contribution in [-0.2, 0) is 14.4 Å². The topological polar surface area (TPSA) is 120 Å². The van der Waals surface area contributed by atoms with Crippen LogP contribution in [0.15, 0.2) is 30.3 Å². The molecule has 1 saturated carbocycles. The molecule has 2 aliphatic rings. The quantitative estimate of drug-likeness (QED) is 0.479. The van der Waals surface area contributed by atoms with E-state index in [0.717, 1.165) is 17.3 Å². The molecule has 1 aromatic carbocycles. The number of aromatic amines is 1. The van der Waals surface area contributed by atoms with Gasteiger partial charge in [0.2, 0.25) is 12.3 Å². The van der Waals surface area contributed by atoms with Crippen molar-refractivity contribution >= 4 is 35.4 Å². The van der Waals surface area contributed by atoms with Crippen molar-refractivity contribution in [2.75, 3.05) is 13.1 Å². The van der Waals surface area contributed by atoms with Gasteiger partial charge in [-0.25, -0.2) is 0 Å². The number of benzene rings is 1. The van der Waals surface area contributed by atoms with Crippen LogP contribution >= 0.6 is 0 Å². The fourth-order valence-electron chi connectivity index (χ4n) is 3.94. The number of fused-ring (bicyclic) bond motifs is 1. The van der Waals surface area contributed by atoms with Crippen molar-refractivity contribution in [1.29, 1.82) is 0 Å². The first-order valence-electron chi connectivity index (χ1n) is 11.9. The summed E-state index contributed by atoms with van der Waals surface area (Å²) < 4.78 is 0. The Kier molecular flexibility index (Phi) is 11.7. The highest BCUT2D eigenvalue weighted by atomic mass is 16.2. The molecule has 4 N–H and O–H groups in total. The number of rotatable bonds is 7. The Morgan fingerprint density at radius 2 is 1.79 bits per heavy atom. The van der Waals surface area contributed by atoms with Gasteiger partial charge in [-0.15, -0.1) is 0 Å². The lowest BCUT2D eigenvalue weighted by molar-refractivity contribution is -0.123. The molecule has 2 fully saturated rings. The Morgan fingerprint density at radius 1 is 1.12 bits per heavy atom. The number of aromatic nitrogens is 1. The van der Waals surface area contributed by atoms with Crippen LogP contribution in [0.5, 0.6) is 0 Å². The predicted octanol–water partition coefficient (Wildman–Crippen LogP) is 3.08. The molecule has 2 atom stereocenters. The highest BCUT2D eigenvalue weighted by Gasteiger charge is 2.26. The van der Waals surface area contributed by atoms with Crippen LogP contribution in [0.25, 0.3) is 10.9 Å². The van der Waals surface area contributed by atoms with Gasteiger partial charge in [-0.1, -0.05) is 56.7 Å². The smallest absolute Gasteiger partial charge is 0.267 e. The standard InChI is InChI=1S/C11H12N2O.C8H12N2O3.C6H12/c1-2-12-11(14)10-7-8-5-3-4-6-9(8)13-10;11-4-7(10-5-12)3-6-1-2-9-8(6)13;1-2-4-6-5-3-1/h3-7,13H,2H2,1H3,(H,12,14);4-7H,1-3H2,(H,9,13)(H,10,12);1-6H2/t;6-,7-;/m.0./s1. The lowest BCUT2D eigenvalue weighted by atomic mass is 9.99. The van der Waals surface area contributed by atoms with E-state index in [4.69, 9.17) is 0 Å². The third-order valence-electron chi connectivity index (χ3n) is 5.76. The van der Waals surface area contributed by atoms with Gasteiger partial charge in [-0.3, -0.25) is 14.4 Å². The largest absolute Gasteiger partial charge is 0.356 e. The molecule has 180 valence electrons. The molecule has 2 heterocycles.